The second kappa shape index (κ2) is 9.97. The number of pyridine rings is 2. The molecule has 1 aromatic carbocycles. The fourth-order valence-corrected chi connectivity index (χ4v) is 4.84. The summed E-state index contributed by atoms with van der Waals surface area (Å²) in [5.41, 5.74) is 4.06. The molecule has 0 saturated carbocycles. The molecule has 0 radical (unpaired) electrons. The van der Waals surface area contributed by atoms with E-state index in [1.807, 2.05) is 36.2 Å². The smallest absolute Gasteiger partial charge is 0.227 e. The SMILES string of the molecule is Cc1ccc(N(C)c2ccc3nc(Nc4ccc(CC(=O)N5CCN(C)CC5)cn4)sc3n2)cc1. The number of amides is 1. The van der Waals surface area contributed by atoms with Gasteiger partial charge in [-0.1, -0.05) is 35.1 Å². The summed E-state index contributed by atoms with van der Waals surface area (Å²) in [4.78, 5) is 33.6. The van der Waals surface area contributed by atoms with Crippen LogP contribution in [0.2, 0.25) is 0 Å². The van der Waals surface area contributed by atoms with E-state index in [4.69, 9.17) is 4.98 Å². The van der Waals surface area contributed by atoms with Gasteiger partial charge in [-0.05, 0) is 49.9 Å². The minimum absolute atomic E-state index is 0.157. The van der Waals surface area contributed by atoms with Crippen molar-refractivity contribution in [2.24, 2.45) is 0 Å². The first-order chi connectivity index (χ1) is 16.9. The van der Waals surface area contributed by atoms with Crippen molar-refractivity contribution in [3.63, 3.8) is 0 Å². The maximum atomic E-state index is 12.6. The maximum absolute atomic E-state index is 12.6. The van der Waals surface area contributed by atoms with Gasteiger partial charge in [-0.3, -0.25) is 4.79 Å². The third-order valence-electron chi connectivity index (χ3n) is 6.28. The highest BCUT2D eigenvalue weighted by Crippen LogP contribution is 2.30. The van der Waals surface area contributed by atoms with Gasteiger partial charge in [0.05, 0.1) is 6.42 Å². The van der Waals surface area contributed by atoms with Crippen LogP contribution < -0.4 is 10.2 Å². The number of fused-ring (bicyclic) bond motifs is 1. The molecular formula is C26H29N7OS. The lowest BCUT2D eigenvalue weighted by Gasteiger charge is -2.32. The van der Waals surface area contributed by atoms with E-state index in [1.54, 1.807) is 6.20 Å². The molecule has 1 fully saturated rings. The maximum Gasteiger partial charge on any atom is 0.227 e. The Hall–Kier alpha value is -3.56. The molecule has 4 heterocycles. The number of carbonyl (C=O) groups is 1. The highest BCUT2D eigenvalue weighted by molar-refractivity contribution is 7.21. The minimum Gasteiger partial charge on any atom is -0.340 e. The molecule has 35 heavy (non-hydrogen) atoms. The molecule has 8 nitrogen and oxygen atoms in total. The lowest BCUT2D eigenvalue weighted by atomic mass is 10.2. The average molecular weight is 488 g/mol. The molecule has 9 heteroatoms. The first-order valence-corrected chi connectivity index (χ1v) is 12.5. The molecule has 1 aliphatic rings. The van der Waals surface area contributed by atoms with Crippen molar-refractivity contribution in [3.05, 3.63) is 65.9 Å². The Kier molecular flexibility index (Phi) is 6.61. The standard InChI is InChI=1S/C26H29N7OS/c1-18-4-7-20(8-5-18)32(3)23-11-9-21-25(30-23)35-26(28-21)29-22-10-6-19(17-27-22)16-24(34)33-14-12-31(2)13-15-33/h4-11,17H,12-16H2,1-3H3,(H,27,28,29). The number of aromatic nitrogens is 3. The number of nitrogens with one attached hydrogen (secondary N) is 1. The zero-order valence-corrected chi connectivity index (χ0v) is 21.0. The van der Waals surface area contributed by atoms with Gasteiger partial charge in [0.25, 0.3) is 0 Å². The minimum atomic E-state index is 0.157. The van der Waals surface area contributed by atoms with E-state index >= 15 is 0 Å². The molecule has 0 bridgehead atoms. The van der Waals surface area contributed by atoms with Gasteiger partial charge in [-0.2, -0.15) is 0 Å². The van der Waals surface area contributed by atoms with Crippen molar-refractivity contribution < 1.29 is 4.79 Å². The lowest BCUT2D eigenvalue weighted by molar-refractivity contribution is -0.132. The second-order valence-corrected chi connectivity index (χ2v) is 9.92. The van der Waals surface area contributed by atoms with E-state index in [1.165, 1.54) is 16.9 Å². The summed E-state index contributed by atoms with van der Waals surface area (Å²) >= 11 is 1.49. The highest BCUT2D eigenvalue weighted by Gasteiger charge is 2.19. The Morgan fingerprint density at radius 2 is 1.80 bits per heavy atom. The Balaban J connectivity index is 1.24. The number of anilines is 4. The Labute approximate surface area is 209 Å². The van der Waals surface area contributed by atoms with Gasteiger partial charge < -0.3 is 20.0 Å². The topological polar surface area (TPSA) is 77.5 Å². The molecule has 1 amide bonds. The van der Waals surface area contributed by atoms with Crippen LogP contribution in [0.1, 0.15) is 11.1 Å². The predicted octanol–water partition coefficient (Wildman–Crippen LogP) is 4.22. The number of likely N-dealkylation sites (N-methyl/N-ethyl adjacent to an activating group) is 1. The number of piperazine rings is 1. The molecule has 1 saturated heterocycles. The monoisotopic (exact) mass is 487 g/mol. The predicted molar refractivity (Wildman–Crippen MR) is 142 cm³/mol. The second-order valence-electron chi connectivity index (χ2n) is 8.94. The van der Waals surface area contributed by atoms with Crippen molar-refractivity contribution in [1.29, 1.82) is 0 Å². The van der Waals surface area contributed by atoms with Gasteiger partial charge in [-0.25, -0.2) is 15.0 Å². The zero-order valence-electron chi connectivity index (χ0n) is 20.2. The molecule has 0 unspecified atom stereocenters. The number of thiazole rings is 1. The molecule has 0 atom stereocenters. The van der Waals surface area contributed by atoms with Gasteiger partial charge in [0.15, 0.2) is 5.13 Å². The van der Waals surface area contributed by atoms with Crippen LogP contribution in [0.25, 0.3) is 10.3 Å². The third-order valence-corrected chi connectivity index (χ3v) is 7.16. The molecule has 1 N–H and O–H groups in total. The van der Waals surface area contributed by atoms with Crippen LogP contribution in [0.3, 0.4) is 0 Å². The van der Waals surface area contributed by atoms with E-state index in [0.29, 0.717) is 12.2 Å². The Morgan fingerprint density at radius 1 is 1.03 bits per heavy atom. The molecule has 5 rings (SSSR count). The van der Waals surface area contributed by atoms with Gasteiger partial charge >= 0.3 is 0 Å². The lowest BCUT2D eigenvalue weighted by Crippen LogP contribution is -2.47. The quantitative estimate of drug-likeness (QED) is 0.436. The van der Waals surface area contributed by atoms with Gasteiger partial charge in [0, 0.05) is 45.1 Å². The number of rotatable bonds is 6. The number of hydrogen-bond donors (Lipinski definition) is 1. The number of hydrogen-bond acceptors (Lipinski definition) is 8. The third kappa shape index (κ3) is 5.41. The average Bonchev–Trinajstić information content (AvgIpc) is 3.27. The van der Waals surface area contributed by atoms with Gasteiger partial charge in [-0.15, -0.1) is 0 Å². The van der Waals surface area contributed by atoms with Crippen molar-refractivity contribution >= 4 is 50.0 Å². The van der Waals surface area contributed by atoms with Gasteiger partial charge in [0.2, 0.25) is 5.91 Å². The number of aryl methyl sites for hydroxylation is 1. The van der Waals surface area contributed by atoms with E-state index in [9.17, 15) is 4.79 Å². The number of nitrogens with zero attached hydrogens (tertiary/aromatic N) is 6. The van der Waals surface area contributed by atoms with E-state index in [2.05, 4.69) is 63.3 Å². The summed E-state index contributed by atoms with van der Waals surface area (Å²) in [6, 6.07) is 16.2. The van der Waals surface area contributed by atoms with Crippen LogP contribution in [-0.2, 0) is 11.2 Å². The largest absolute Gasteiger partial charge is 0.340 e. The molecule has 0 aliphatic carbocycles. The highest BCUT2D eigenvalue weighted by atomic mass is 32.1. The number of carbonyl (C=O) groups excluding carboxylic acids is 1. The van der Waals surface area contributed by atoms with Crippen molar-refractivity contribution in [2.45, 2.75) is 13.3 Å². The molecule has 3 aromatic heterocycles. The molecule has 0 spiro atoms. The van der Waals surface area contributed by atoms with Gasteiger partial charge in [0.1, 0.15) is 22.0 Å². The summed E-state index contributed by atoms with van der Waals surface area (Å²) in [7, 11) is 4.10. The summed E-state index contributed by atoms with van der Waals surface area (Å²) in [5, 5.41) is 4.00. The normalized spacial score (nSPS) is 14.3. The summed E-state index contributed by atoms with van der Waals surface area (Å²) in [6.45, 7) is 5.50. The molecule has 1 aliphatic heterocycles. The van der Waals surface area contributed by atoms with E-state index in [-0.39, 0.29) is 5.91 Å². The molecule has 4 aromatic rings. The van der Waals surface area contributed by atoms with Crippen molar-refractivity contribution in [2.75, 3.05) is 50.5 Å². The first-order valence-electron chi connectivity index (χ1n) is 11.7. The molecular weight excluding hydrogens is 458 g/mol. The van der Waals surface area contributed by atoms with Crippen molar-refractivity contribution in [3.8, 4) is 0 Å². The molecule has 180 valence electrons. The zero-order chi connectivity index (χ0) is 24.4. The van der Waals surface area contributed by atoms with E-state index < -0.39 is 0 Å². The van der Waals surface area contributed by atoms with Crippen LogP contribution in [-0.4, -0.2) is 70.9 Å². The van der Waals surface area contributed by atoms with Crippen LogP contribution >= 0.6 is 11.3 Å². The Morgan fingerprint density at radius 3 is 2.51 bits per heavy atom. The first kappa shape index (κ1) is 23.2. The van der Waals surface area contributed by atoms with Crippen LogP contribution in [0.4, 0.5) is 22.5 Å². The summed E-state index contributed by atoms with van der Waals surface area (Å²) in [6.07, 6.45) is 2.13. The summed E-state index contributed by atoms with van der Waals surface area (Å²) in [5.74, 6) is 1.71. The van der Waals surface area contributed by atoms with E-state index in [0.717, 1.165) is 58.7 Å². The van der Waals surface area contributed by atoms with Crippen molar-refractivity contribution in [1.82, 2.24) is 24.8 Å². The van der Waals surface area contributed by atoms with Crippen LogP contribution in [0, 0.1) is 6.92 Å². The fraction of sp³-hybridized carbons (Fsp3) is 0.308. The van der Waals surface area contributed by atoms with Crippen LogP contribution in [0.15, 0.2) is 54.7 Å². The number of benzene rings is 1. The summed E-state index contributed by atoms with van der Waals surface area (Å²) < 4.78 is 0. The fourth-order valence-electron chi connectivity index (χ4n) is 4.00. The van der Waals surface area contributed by atoms with Crippen LogP contribution in [0.5, 0.6) is 0 Å². The Bertz CT molecular complexity index is 1310.